The number of fused-ring (bicyclic) bond motifs is 1. The highest BCUT2D eigenvalue weighted by Gasteiger charge is 2.33. The van der Waals surface area contributed by atoms with Crippen molar-refractivity contribution in [1.82, 2.24) is 14.5 Å². The van der Waals surface area contributed by atoms with Gasteiger partial charge >= 0.3 is 0 Å². The number of sulfonamides is 1. The topological polar surface area (TPSA) is 86.8 Å². The van der Waals surface area contributed by atoms with E-state index in [1.165, 1.54) is 11.9 Å². The molecule has 7 nitrogen and oxygen atoms in total. The molecule has 0 fully saturated rings. The molecule has 220 valence electrons. The van der Waals surface area contributed by atoms with E-state index in [0.29, 0.717) is 6.42 Å². The van der Waals surface area contributed by atoms with Gasteiger partial charge in [0.15, 0.2) is 0 Å². The van der Waals surface area contributed by atoms with Gasteiger partial charge in [-0.15, -0.1) is 0 Å². The van der Waals surface area contributed by atoms with Gasteiger partial charge in [-0.05, 0) is 59.9 Å². The quantitative estimate of drug-likeness (QED) is 0.244. The summed E-state index contributed by atoms with van der Waals surface area (Å²) >= 11 is 0. The van der Waals surface area contributed by atoms with Crippen LogP contribution in [0.2, 0.25) is 0 Å². The number of benzene rings is 4. The Kier molecular flexibility index (Phi) is 10.1. The van der Waals surface area contributed by atoms with Crippen LogP contribution in [0.4, 0.5) is 0 Å². The number of carbonyl (C=O) groups is 2. The molecular weight excluding hydrogens is 546 g/mol. The molecule has 0 aliphatic heterocycles. The van der Waals surface area contributed by atoms with Crippen LogP contribution < -0.4 is 5.32 Å². The van der Waals surface area contributed by atoms with Gasteiger partial charge in [0.25, 0.3) is 0 Å². The van der Waals surface area contributed by atoms with Crippen molar-refractivity contribution >= 4 is 32.6 Å². The lowest BCUT2D eigenvalue weighted by Crippen LogP contribution is -2.54. The third-order valence-corrected chi connectivity index (χ3v) is 9.46. The number of hydrogen-bond acceptors (Lipinski definition) is 4. The molecule has 0 radical (unpaired) electrons. The molecule has 0 bridgehead atoms. The average Bonchev–Trinajstić information content (AvgIpc) is 2.99. The number of rotatable bonds is 12. The molecule has 0 aromatic heterocycles. The molecule has 4 rings (SSSR count). The van der Waals surface area contributed by atoms with Gasteiger partial charge in [-0.3, -0.25) is 9.59 Å². The van der Waals surface area contributed by atoms with Crippen LogP contribution in [0.5, 0.6) is 0 Å². The average molecular weight is 586 g/mol. The van der Waals surface area contributed by atoms with E-state index in [9.17, 15) is 18.0 Å². The van der Waals surface area contributed by atoms with Gasteiger partial charge in [0.1, 0.15) is 6.04 Å². The van der Waals surface area contributed by atoms with Gasteiger partial charge in [0.2, 0.25) is 21.8 Å². The van der Waals surface area contributed by atoms with Gasteiger partial charge < -0.3 is 10.2 Å². The van der Waals surface area contributed by atoms with Gasteiger partial charge in [0.05, 0.1) is 11.4 Å². The molecule has 0 aliphatic rings. The fourth-order valence-corrected chi connectivity index (χ4v) is 6.00. The summed E-state index contributed by atoms with van der Waals surface area (Å²) in [5, 5.41) is 4.77. The smallest absolute Gasteiger partial charge is 0.243 e. The van der Waals surface area contributed by atoms with Gasteiger partial charge in [-0.25, -0.2) is 8.42 Å². The molecular formula is C34H39N3O4S. The Morgan fingerprint density at radius 3 is 2.19 bits per heavy atom. The van der Waals surface area contributed by atoms with E-state index < -0.39 is 28.5 Å². The molecule has 0 spiro atoms. The molecule has 0 heterocycles. The Morgan fingerprint density at radius 2 is 1.50 bits per heavy atom. The SMILES string of the molecule is CC[C@H](C)NC(=O)[C@@H](Cc1ccccc1)N(Cc1ccccc1C)C(=O)CN(C)S(=O)(=O)c1ccc2ccccc2c1. The van der Waals surface area contributed by atoms with Crippen LogP contribution in [-0.2, 0) is 32.6 Å². The third kappa shape index (κ3) is 7.43. The van der Waals surface area contributed by atoms with Crippen LogP contribution in [0, 0.1) is 6.92 Å². The van der Waals surface area contributed by atoms with Crippen molar-refractivity contribution in [3.8, 4) is 0 Å². The first-order valence-corrected chi connectivity index (χ1v) is 15.7. The summed E-state index contributed by atoms with van der Waals surface area (Å²) in [5.41, 5.74) is 2.77. The highest BCUT2D eigenvalue weighted by molar-refractivity contribution is 7.89. The van der Waals surface area contributed by atoms with Gasteiger partial charge in [0, 0.05) is 26.1 Å². The van der Waals surface area contributed by atoms with Crippen molar-refractivity contribution in [2.45, 2.75) is 57.1 Å². The molecule has 0 saturated heterocycles. The van der Waals surface area contributed by atoms with E-state index in [1.807, 2.05) is 99.6 Å². The number of amides is 2. The standard InChI is InChI=1S/C34H39N3O4S/c1-5-26(3)35-34(39)32(21-27-14-7-6-8-15-27)37(23-30-18-10-9-13-25(30)2)33(38)24-36(4)42(40,41)31-20-19-28-16-11-12-17-29(28)22-31/h6-20,22,26,32H,5,21,23-24H2,1-4H3,(H,35,39)/t26-,32+/m0/s1. The first kappa shape index (κ1) is 30.9. The van der Waals surface area contributed by atoms with Crippen LogP contribution in [0.25, 0.3) is 10.8 Å². The Morgan fingerprint density at radius 1 is 0.857 bits per heavy atom. The number of nitrogens with zero attached hydrogens (tertiary/aromatic N) is 2. The lowest BCUT2D eigenvalue weighted by molar-refractivity contribution is -0.141. The molecule has 0 aliphatic carbocycles. The van der Waals surface area contributed by atoms with Crippen molar-refractivity contribution in [1.29, 1.82) is 0 Å². The molecule has 4 aromatic rings. The molecule has 4 aromatic carbocycles. The zero-order valence-corrected chi connectivity index (χ0v) is 25.5. The number of nitrogens with one attached hydrogen (secondary N) is 1. The van der Waals surface area contributed by atoms with Gasteiger partial charge in [-0.2, -0.15) is 4.31 Å². The fraction of sp³-hybridized carbons (Fsp3) is 0.294. The first-order chi connectivity index (χ1) is 20.1. The summed E-state index contributed by atoms with van der Waals surface area (Å²) in [5.74, 6) is -0.722. The molecule has 0 saturated carbocycles. The summed E-state index contributed by atoms with van der Waals surface area (Å²) in [6, 6.07) is 28.8. The summed E-state index contributed by atoms with van der Waals surface area (Å²) in [6.07, 6.45) is 1.03. The number of hydrogen-bond donors (Lipinski definition) is 1. The normalized spacial score (nSPS) is 13.1. The Hall–Kier alpha value is -4.01. The Balaban J connectivity index is 1.68. The van der Waals surface area contributed by atoms with Crippen LogP contribution in [0.15, 0.2) is 102 Å². The first-order valence-electron chi connectivity index (χ1n) is 14.2. The molecule has 0 unspecified atom stereocenters. The van der Waals surface area contributed by atoms with E-state index in [0.717, 1.165) is 38.2 Å². The van der Waals surface area contributed by atoms with E-state index in [-0.39, 0.29) is 23.4 Å². The van der Waals surface area contributed by atoms with Crippen LogP contribution >= 0.6 is 0 Å². The largest absolute Gasteiger partial charge is 0.352 e. The predicted octanol–water partition coefficient (Wildman–Crippen LogP) is 5.32. The third-order valence-electron chi connectivity index (χ3n) is 7.66. The maximum absolute atomic E-state index is 14.1. The molecule has 8 heteroatoms. The zero-order valence-electron chi connectivity index (χ0n) is 24.7. The van der Waals surface area contributed by atoms with Crippen molar-refractivity contribution in [3.05, 3.63) is 114 Å². The minimum atomic E-state index is -3.98. The highest BCUT2D eigenvalue weighted by Crippen LogP contribution is 2.23. The maximum atomic E-state index is 14.1. The highest BCUT2D eigenvalue weighted by atomic mass is 32.2. The minimum Gasteiger partial charge on any atom is -0.352 e. The van der Waals surface area contributed by atoms with Crippen LogP contribution in [0.3, 0.4) is 0 Å². The monoisotopic (exact) mass is 585 g/mol. The Labute approximate surface area is 249 Å². The predicted molar refractivity (Wildman–Crippen MR) is 167 cm³/mol. The lowest BCUT2D eigenvalue weighted by atomic mass is 10.0. The second kappa shape index (κ2) is 13.8. The Bertz CT molecular complexity index is 1640. The van der Waals surface area contributed by atoms with E-state index in [1.54, 1.807) is 18.2 Å². The van der Waals surface area contributed by atoms with E-state index in [2.05, 4.69) is 5.32 Å². The number of likely N-dealkylation sites (N-methyl/N-ethyl adjacent to an activating group) is 1. The summed E-state index contributed by atoms with van der Waals surface area (Å²) in [7, 11) is -2.58. The number of carbonyl (C=O) groups excluding carboxylic acids is 2. The van der Waals surface area contributed by atoms with Crippen molar-refractivity contribution in [2.24, 2.45) is 0 Å². The summed E-state index contributed by atoms with van der Waals surface area (Å²) in [6.45, 7) is 5.62. The van der Waals surface area contributed by atoms with Crippen molar-refractivity contribution < 1.29 is 18.0 Å². The van der Waals surface area contributed by atoms with Gasteiger partial charge in [-0.1, -0.05) is 91.9 Å². The molecule has 1 N–H and O–H groups in total. The van der Waals surface area contributed by atoms with E-state index >= 15 is 0 Å². The maximum Gasteiger partial charge on any atom is 0.243 e. The second-order valence-corrected chi connectivity index (χ2v) is 12.8. The van der Waals surface area contributed by atoms with Crippen molar-refractivity contribution in [2.75, 3.05) is 13.6 Å². The fourth-order valence-electron chi connectivity index (χ4n) is 4.84. The zero-order chi connectivity index (χ0) is 30.3. The van der Waals surface area contributed by atoms with Crippen LogP contribution in [0.1, 0.15) is 37.0 Å². The number of aryl methyl sites for hydroxylation is 1. The van der Waals surface area contributed by atoms with Crippen LogP contribution in [-0.4, -0.2) is 55.1 Å². The minimum absolute atomic E-state index is 0.0814. The summed E-state index contributed by atoms with van der Waals surface area (Å²) < 4.78 is 28.3. The van der Waals surface area contributed by atoms with Crippen molar-refractivity contribution in [3.63, 3.8) is 0 Å². The van der Waals surface area contributed by atoms with E-state index in [4.69, 9.17) is 0 Å². The molecule has 42 heavy (non-hydrogen) atoms. The second-order valence-electron chi connectivity index (χ2n) is 10.7. The molecule has 2 amide bonds. The summed E-state index contributed by atoms with van der Waals surface area (Å²) in [4.78, 5) is 29.5. The lowest BCUT2D eigenvalue weighted by Gasteiger charge is -2.33. The molecule has 2 atom stereocenters.